The van der Waals surface area contributed by atoms with Gasteiger partial charge in [0, 0.05) is 18.6 Å². The smallest absolute Gasteiger partial charge is 0.305 e. The summed E-state index contributed by atoms with van der Waals surface area (Å²) in [5.74, 6) is -0.141. The van der Waals surface area contributed by atoms with Crippen LogP contribution in [0.15, 0.2) is 0 Å². The maximum atomic E-state index is 10.9. The number of esters is 1. The molecule has 1 saturated heterocycles. The predicted octanol–water partition coefficient (Wildman–Crippen LogP) is 1.10. The zero-order valence-electron chi connectivity index (χ0n) is 9.84. The Morgan fingerprint density at radius 3 is 2.93 bits per heavy atom. The van der Waals surface area contributed by atoms with Crippen LogP contribution in [0.4, 0.5) is 0 Å². The van der Waals surface area contributed by atoms with Crippen molar-refractivity contribution in [3.63, 3.8) is 0 Å². The van der Waals surface area contributed by atoms with E-state index in [-0.39, 0.29) is 17.6 Å². The molecule has 1 rings (SSSR count). The SMILES string of the molecule is COC(=O)CCCN[C@@]1(C)CCO[C@H]1C. The Balaban J connectivity index is 2.17. The van der Waals surface area contributed by atoms with Crippen LogP contribution in [0.5, 0.6) is 0 Å². The van der Waals surface area contributed by atoms with Crippen molar-refractivity contribution >= 4 is 5.97 Å². The molecule has 0 radical (unpaired) electrons. The second-order valence-corrected chi connectivity index (χ2v) is 4.29. The summed E-state index contributed by atoms with van der Waals surface area (Å²) in [5.41, 5.74) is 0.0656. The van der Waals surface area contributed by atoms with Crippen molar-refractivity contribution in [3.8, 4) is 0 Å². The fourth-order valence-corrected chi connectivity index (χ4v) is 1.78. The fourth-order valence-electron chi connectivity index (χ4n) is 1.78. The summed E-state index contributed by atoms with van der Waals surface area (Å²) < 4.78 is 10.1. The molecule has 2 atom stereocenters. The third kappa shape index (κ3) is 3.47. The molecule has 1 aliphatic rings. The Morgan fingerprint density at radius 1 is 1.67 bits per heavy atom. The number of hydrogen-bond donors (Lipinski definition) is 1. The number of carbonyl (C=O) groups excluding carboxylic acids is 1. The minimum atomic E-state index is -0.141. The van der Waals surface area contributed by atoms with Gasteiger partial charge in [0.1, 0.15) is 0 Å². The summed E-state index contributed by atoms with van der Waals surface area (Å²) in [5, 5.41) is 3.45. The normalized spacial score (nSPS) is 30.5. The van der Waals surface area contributed by atoms with Gasteiger partial charge in [-0.05, 0) is 33.2 Å². The zero-order chi connectivity index (χ0) is 11.3. The van der Waals surface area contributed by atoms with Gasteiger partial charge >= 0.3 is 5.97 Å². The molecular formula is C11H21NO3. The molecule has 0 bridgehead atoms. The Hall–Kier alpha value is -0.610. The molecule has 4 nitrogen and oxygen atoms in total. The second-order valence-electron chi connectivity index (χ2n) is 4.29. The maximum Gasteiger partial charge on any atom is 0.305 e. The third-order valence-electron chi connectivity index (χ3n) is 3.20. The Labute approximate surface area is 91.3 Å². The van der Waals surface area contributed by atoms with Crippen molar-refractivity contribution in [2.24, 2.45) is 0 Å². The van der Waals surface area contributed by atoms with Gasteiger partial charge in [-0.25, -0.2) is 0 Å². The van der Waals surface area contributed by atoms with E-state index in [9.17, 15) is 4.79 Å². The molecule has 0 spiro atoms. The number of carbonyl (C=O) groups is 1. The largest absolute Gasteiger partial charge is 0.469 e. The van der Waals surface area contributed by atoms with Crippen LogP contribution in [0.2, 0.25) is 0 Å². The van der Waals surface area contributed by atoms with Gasteiger partial charge in [-0.15, -0.1) is 0 Å². The van der Waals surface area contributed by atoms with Crippen LogP contribution >= 0.6 is 0 Å². The molecule has 0 aromatic rings. The minimum absolute atomic E-state index is 0.0656. The van der Waals surface area contributed by atoms with Crippen LogP contribution in [0, 0.1) is 0 Å². The molecule has 1 N–H and O–H groups in total. The number of ether oxygens (including phenoxy) is 2. The van der Waals surface area contributed by atoms with Gasteiger partial charge in [0.15, 0.2) is 0 Å². The summed E-state index contributed by atoms with van der Waals surface area (Å²) in [7, 11) is 1.42. The Morgan fingerprint density at radius 2 is 2.40 bits per heavy atom. The first-order valence-electron chi connectivity index (χ1n) is 5.52. The molecular weight excluding hydrogens is 194 g/mol. The molecule has 88 valence electrons. The minimum Gasteiger partial charge on any atom is -0.469 e. The monoisotopic (exact) mass is 215 g/mol. The van der Waals surface area contributed by atoms with E-state index < -0.39 is 0 Å². The van der Waals surface area contributed by atoms with Gasteiger partial charge < -0.3 is 14.8 Å². The molecule has 0 aromatic carbocycles. The van der Waals surface area contributed by atoms with Crippen LogP contribution < -0.4 is 5.32 Å². The van der Waals surface area contributed by atoms with Crippen LogP contribution in [0.25, 0.3) is 0 Å². The number of rotatable bonds is 5. The maximum absolute atomic E-state index is 10.9. The second kappa shape index (κ2) is 5.47. The molecule has 0 amide bonds. The van der Waals surface area contributed by atoms with Gasteiger partial charge in [0.2, 0.25) is 0 Å². The average Bonchev–Trinajstić information content (AvgIpc) is 2.54. The van der Waals surface area contributed by atoms with E-state index in [1.165, 1.54) is 7.11 Å². The van der Waals surface area contributed by atoms with E-state index >= 15 is 0 Å². The van der Waals surface area contributed by atoms with Crippen LogP contribution in [-0.4, -0.2) is 37.9 Å². The van der Waals surface area contributed by atoms with E-state index in [2.05, 4.69) is 23.9 Å². The molecule has 0 unspecified atom stereocenters. The zero-order valence-corrected chi connectivity index (χ0v) is 9.84. The first-order chi connectivity index (χ1) is 7.08. The van der Waals surface area contributed by atoms with Crippen LogP contribution in [-0.2, 0) is 14.3 Å². The number of nitrogens with one attached hydrogen (secondary N) is 1. The Kier molecular flexibility index (Phi) is 4.54. The van der Waals surface area contributed by atoms with Crippen molar-refractivity contribution in [1.29, 1.82) is 0 Å². The van der Waals surface area contributed by atoms with Gasteiger partial charge in [0.05, 0.1) is 13.2 Å². The molecule has 0 aliphatic carbocycles. The summed E-state index contributed by atoms with van der Waals surface area (Å²) in [6.07, 6.45) is 2.58. The highest BCUT2D eigenvalue weighted by Crippen LogP contribution is 2.24. The van der Waals surface area contributed by atoms with Crippen LogP contribution in [0.3, 0.4) is 0 Å². The first-order valence-corrected chi connectivity index (χ1v) is 5.52. The fraction of sp³-hybridized carbons (Fsp3) is 0.909. The van der Waals surface area contributed by atoms with E-state index in [1.807, 2.05) is 0 Å². The predicted molar refractivity (Wildman–Crippen MR) is 57.7 cm³/mol. The van der Waals surface area contributed by atoms with Crippen molar-refractivity contribution < 1.29 is 14.3 Å². The Bertz CT molecular complexity index is 220. The van der Waals surface area contributed by atoms with E-state index in [4.69, 9.17) is 4.74 Å². The van der Waals surface area contributed by atoms with Gasteiger partial charge in [-0.1, -0.05) is 0 Å². The quantitative estimate of drug-likeness (QED) is 0.551. The van der Waals surface area contributed by atoms with E-state index in [1.54, 1.807) is 0 Å². The first kappa shape index (κ1) is 12.5. The van der Waals surface area contributed by atoms with Crippen molar-refractivity contribution in [2.45, 2.75) is 44.8 Å². The van der Waals surface area contributed by atoms with Gasteiger partial charge in [-0.2, -0.15) is 0 Å². The number of hydrogen-bond acceptors (Lipinski definition) is 4. The van der Waals surface area contributed by atoms with Crippen molar-refractivity contribution in [1.82, 2.24) is 5.32 Å². The molecule has 15 heavy (non-hydrogen) atoms. The molecule has 0 saturated carbocycles. The van der Waals surface area contributed by atoms with E-state index in [0.717, 1.165) is 26.0 Å². The topological polar surface area (TPSA) is 47.6 Å². The summed E-state index contributed by atoms with van der Waals surface area (Å²) >= 11 is 0. The standard InChI is InChI=1S/C11H21NO3/c1-9-11(2,6-8-15-9)12-7-4-5-10(13)14-3/h9,12H,4-8H2,1-3H3/t9-,11-/m0/s1. The highest BCUT2D eigenvalue weighted by atomic mass is 16.5. The number of methoxy groups -OCH3 is 1. The summed E-state index contributed by atoms with van der Waals surface area (Å²) in [6.45, 7) is 5.91. The third-order valence-corrected chi connectivity index (χ3v) is 3.20. The summed E-state index contributed by atoms with van der Waals surface area (Å²) in [6, 6.07) is 0. The molecule has 4 heteroatoms. The lowest BCUT2D eigenvalue weighted by Crippen LogP contribution is -2.48. The lowest BCUT2D eigenvalue weighted by molar-refractivity contribution is -0.140. The lowest BCUT2D eigenvalue weighted by Gasteiger charge is -2.29. The van der Waals surface area contributed by atoms with Crippen molar-refractivity contribution in [2.75, 3.05) is 20.3 Å². The summed E-state index contributed by atoms with van der Waals surface area (Å²) in [4.78, 5) is 10.9. The van der Waals surface area contributed by atoms with E-state index in [0.29, 0.717) is 6.42 Å². The van der Waals surface area contributed by atoms with Crippen molar-refractivity contribution in [3.05, 3.63) is 0 Å². The highest BCUT2D eigenvalue weighted by molar-refractivity contribution is 5.69. The van der Waals surface area contributed by atoms with Gasteiger partial charge in [-0.3, -0.25) is 4.79 Å². The van der Waals surface area contributed by atoms with Gasteiger partial charge in [0.25, 0.3) is 0 Å². The lowest BCUT2D eigenvalue weighted by atomic mass is 9.94. The highest BCUT2D eigenvalue weighted by Gasteiger charge is 2.35. The average molecular weight is 215 g/mol. The van der Waals surface area contributed by atoms with Crippen LogP contribution in [0.1, 0.15) is 33.1 Å². The molecule has 1 aliphatic heterocycles. The molecule has 1 heterocycles. The molecule has 1 fully saturated rings. The molecule has 0 aromatic heterocycles.